The van der Waals surface area contributed by atoms with Gasteiger partial charge in [0.2, 0.25) is 5.95 Å². The van der Waals surface area contributed by atoms with Gasteiger partial charge < -0.3 is 20.3 Å². The van der Waals surface area contributed by atoms with E-state index >= 15 is 0 Å². The zero-order chi connectivity index (χ0) is 19.8. The number of nitrogens with zero attached hydrogens (tertiary/aromatic N) is 3. The van der Waals surface area contributed by atoms with Gasteiger partial charge in [-0.15, -0.1) is 0 Å². The molecule has 0 bridgehead atoms. The lowest BCUT2D eigenvalue weighted by Crippen LogP contribution is -2.37. The molecule has 0 saturated carbocycles. The van der Waals surface area contributed by atoms with E-state index in [1.807, 2.05) is 23.1 Å². The first kappa shape index (κ1) is 19.9. The molecular weight excluding hydrogens is 382 g/mol. The number of benzene rings is 1. The molecular formula is C19H22ClN5O3. The minimum Gasteiger partial charge on any atom is -0.484 e. The summed E-state index contributed by atoms with van der Waals surface area (Å²) in [4.78, 5) is 34.6. The number of aromatic nitrogens is 2. The highest BCUT2D eigenvalue weighted by Crippen LogP contribution is 2.19. The van der Waals surface area contributed by atoms with Crippen LogP contribution in [0.25, 0.3) is 0 Å². The molecule has 0 spiro atoms. The molecule has 0 atom stereocenters. The van der Waals surface area contributed by atoms with Crippen molar-refractivity contribution in [1.29, 1.82) is 0 Å². The standard InChI is InChI=1S/C19H22ClN5O3/c20-15-12-23-19(25-10-4-5-11-25)24-17(15)18(27)22-9-8-21-16(26)13-28-14-6-2-1-3-7-14/h1-3,6-7,12H,4-5,8-11,13H2,(H,21,26)(H,22,27). The van der Waals surface area contributed by atoms with E-state index in [0.717, 1.165) is 25.9 Å². The Hall–Kier alpha value is -2.87. The van der Waals surface area contributed by atoms with E-state index < -0.39 is 5.91 Å². The molecule has 2 heterocycles. The van der Waals surface area contributed by atoms with Crippen LogP contribution in [-0.2, 0) is 4.79 Å². The first-order valence-electron chi connectivity index (χ1n) is 9.14. The average molecular weight is 404 g/mol. The van der Waals surface area contributed by atoms with E-state index in [9.17, 15) is 9.59 Å². The maximum Gasteiger partial charge on any atom is 0.271 e. The van der Waals surface area contributed by atoms with Gasteiger partial charge in [-0.2, -0.15) is 0 Å². The second-order valence-corrected chi connectivity index (χ2v) is 6.68. The first-order valence-corrected chi connectivity index (χ1v) is 9.51. The topological polar surface area (TPSA) is 96.5 Å². The van der Waals surface area contributed by atoms with Gasteiger partial charge in [-0.25, -0.2) is 9.97 Å². The highest BCUT2D eigenvalue weighted by molar-refractivity contribution is 6.33. The fourth-order valence-corrected chi connectivity index (χ4v) is 2.94. The summed E-state index contributed by atoms with van der Waals surface area (Å²) in [7, 11) is 0. The van der Waals surface area contributed by atoms with Gasteiger partial charge in [0.25, 0.3) is 11.8 Å². The van der Waals surface area contributed by atoms with E-state index in [4.69, 9.17) is 16.3 Å². The summed E-state index contributed by atoms with van der Waals surface area (Å²) >= 11 is 6.07. The van der Waals surface area contributed by atoms with Crippen LogP contribution < -0.4 is 20.3 Å². The van der Waals surface area contributed by atoms with Crippen LogP contribution in [0.5, 0.6) is 5.75 Å². The summed E-state index contributed by atoms with van der Waals surface area (Å²) in [5, 5.41) is 5.57. The molecule has 1 aliphatic rings. The molecule has 0 unspecified atom stereocenters. The highest BCUT2D eigenvalue weighted by atomic mass is 35.5. The van der Waals surface area contributed by atoms with Crippen molar-refractivity contribution in [2.75, 3.05) is 37.7 Å². The fourth-order valence-electron chi connectivity index (χ4n) is 2.76. The quantitative estimate of drug-likeness (QED) is 0.651. The number of hydrogen-bond donors (Lipinski definition) is 2. The summed E-state index contributed by atoms with van der Waals surface area (Å²) in [6.45, 7) is 2.17. The number of amides is 2. The summed E-state index contributed by atoms with van der Waals surface area (Å²) in [6, 6.07) is 9.07. The Kier molecular flexibility index (Phi) is 7.02. The monoisotopic (exact) mass is 403 g/mol. The molecule has 9 heteroatoms. The number of anilines is 1. The van der Waals surface area contributed by atoms with Gasteiger partial charge >= 0.3 is 0 Å². The van der Waals surface area contributed by atoms with Crippen LogP contribution in [0.4, 0.5) is 5.95 Å². The Morgan fingerprint density at radius 1 is 1.11 bits per heavy atom. The molecule has 0 radical (unpaired) electrons. The molecule has 0 aliphatic carbocycles. The summed E-state index contributed by atoms with van der Waals surface area (Å²) < 4.78 is 5.35. The molecule has 1 fully saturated rings. The van der Waals surface area contributed by atoms with Gasteiger partial charge in [0.05, 0.1) is 11.2 Å². The zero-order valence-electron chi connectivity index (χ0n) is 15.4. The molecule has 28 heavy (non-hydrogen) atoms. The second kappa shape index (κ2) is 9.89. The minimum absolute atomic E-state index is 0.0884. The third-order valence-corrected chi connectivity index (χ3v) is 4.46. The van der Waals surface area contributed by atoms with Crippen LogP contribution in [0, 0.1) is 0 Å². The van der Waals surface area contributed by atoms with Crippen molar-refractivity contribution in [3.05, 3.63) is 47.2 Å². The van der Waals surface area contributed by atoms with E-state index in [-0.39, 0.29) is 36.3 Å². The third-order valence-electron chi connectivity index (χ3n) is 4.18. The summed E-state index contributed by atoms with van der Waals surface area (Å²) in [5.74, 6) is 0.466. The van der Waals surface area contributed by atoms with Gasteiger partial charge in [0.15, 0.2) is 12.3 Å². The molecule has 1 saturated heterocycles. The number of rotatable bonds is 8. The van der Waals surface area contributed by atoms with Gasteiger partial charge in [-0.1, -0.05) is 29.8 Å². The fraction of sp³-hybridized carbons (Fsp3) is 0.368. The molecule has 1 aromatic carbocycles. The molecule has 2 aromatic rings. The van der Waals surface area contributed by atoms with Crippen LogP contribution in [-0.4, -0.2) is 54.6 Å². The number of nitrogens with one attached hydrogen (secondary N) is 2. The Labute approximate surface area is 168 Å². The molecule has 2 amide bonds. The van der Waals surface area contributed by atoms with E-state index in [0.29, 0.717) is 11.7 Å². The van der Waals surface area contributed by atoms with Crippen LogP contribution >= 0.6 is 11.6 Å². The third kappa shape index (κ3) is 5.56. The maximum atomic E-state index is 12.3. The van der Waals surface area contributed by atoms with Crippen LogP contribution in [0.15, 0.2) is 36.5 Å². The number of carbonyl (C=O) groups is 2. The SMILES string of the molecule is O=C(COc1ccccc1)NCCNC(=O)c1nc(N2CCCC2)ncc1Cl. The lowest BCUT2D eigenvalue weighted by molar-refractivity contribution is -0.123. The van der Waals surface area contributed by atoms with Crippen LogP contribution in [0.1, 0.15) is 23.3 Å². The maximum absolute atomic E-state index is 12.3. The number of para-hydroxylation sites is 1. The number of hydrogen-bond acceptors (Lipinski definition) is 6. The van der Waals surface area contributed by atoms with Crippen molar-refractivity contribution in [3.63, 3.8) is 0 Å². The molecule has 1 aliphatic heterocycles. The normalized spacial score (nSPS) is 13.2. The smallest absolute Gasteiger partial charge is 0.271 e. The lowest BCUT2D eigenvalue weighted by Gasteiger charge is -2.16. The average Bonchev–Trinajstić information content (AvgIpc) is 3.25. The van der Waals surface area contributed by atoms with E-state index in [1.54, 1.807) is 12.1 Å². The van der Waals surface area contributed by atoms with Gasteiger partial charge in [0.1, 0.15) is 5.75 Å². The van der Waals surface area contributed by atoms with Crippen molar-refractivity contribution >= 4 is 29.4 Å². The number of carbonyl (C=O) groups excluding carboxylic acids is 2. The van der Waals surface area contributed by atoms with Gasteiger partial charge in [-0.05, 0) is 25.0 Å². The van der Waals surface area contributed by atoms with Crippen molar-refractivity contribution < 1.29 is 14.3 Å². The zero-order valence-corrected chi connectivity index (χ0v) is 16.1. The number of halogens is 1. The van der Waals surface area contributed by atoms with Gasteiger partial charge in [0, 0.05) is 26.2 Å². The molecule has 1 aromatic heterocycles. The molecule has 2 N–H and O–H groups in total. The van der Waals surface area contributed by atoms with Gasteiger partial charge in [-0.3, -0.25) is 9.59 Å². The minimum atomic E-state index is -0.400. The predicted molar refractivity (Wildman–Crippen MR) is 106 cm³/mol. The summed E-state index contributed by atoms with van der Waals surface area (Å²) in [5.41, 5.74) is 0.136. The molecule has 3 rings (SSSR count). The van der Waals surface area contributed by atoms with Crippen LogP contribution in [0.3, 0.4) is 0 Å². The number of ether oxygens (including phenoxy) is 1. The summed E-state index contributed by atoms with van der Waals surface area (Å²) in [6.07, 6.45) is 3.61. The van der Waals surface area contributed by atoms with E-state index in [1.165, 1.54) is 6.20 Å². The Morgan fingerprint density at radius 3 is 2.57 bits per heavy atom. The van der Waals surface area contributed by atoms with Crippen molar-refractivity contribution in [3.8, 4) is 5.75 Å². The Balaban J connectivity index is 1.41. The first-order chi connectivity index (χ1) is 13.6. The van der Waals surface area contributed by atoms with Crippen LogP contribution in [0.2, 0.25) is 5.02 Å². The second-order valence-electron chi connectivity index (χ2n) is 6.27. The predicted octanol–water partition coefficient (Wildman–Crippen LogP) is 1.66. The molecule has 8 nitrogen and oxygen atoms in total. The largest absolute Gasteiger partial charge is 0.484 e. The molecule has 148 valence electrons. The highest BCUT2D eigenvalue weighted by Gasteiger charge is 2.19. The van der Waals surface area contributed by atoms with Crippen molar-refractivity contribution in [1.82, 2.24) is 20.6 Å². The Morgan fingerprint density at radius 2 is 1.82 bits per heavy atom. The van der Waals surface area contributed by atoms with Crippen molar-refractivity contribution in [2.24, 2.45) is 0 Å². The van der Waals surface area contributed by atoms with E-state index in [2.05, 4.69) is 20.6 Å². The van der Waals surface area contributed by atoms with Crippen molar-refractivity contribution in [2.45, 2.75) is 12.8 Å². The lowest BCUT2D eigenvalue weighted by atomic mass is 10.3. The Bertz CT molecular complexity index is 812.